The van der Waals surface area contributed by atoms with Gasteiger partial charge < -0.3 is 9.47 Å². The van der Waals surface area contributed by atoms with Crippen LogP contribution in [0.2, 0.25) is 0 Å². The van der Waals surface area contributed by atoms with Crippen molar-refractivity contribution in [3.8, 4) is 0 Å². The van der Waals surface area contributed by atoms with Crippen molar-refractivity contribution in [1.82, 2.24) is 0 Å². The predicted octanol–water partition coefficient (Wildman–Crippen LogP) is 4.35. The number of allylic oxidation sites excluding steroid dienone is 4. The Kier molecular flexibility index (Phi) is 4.48. The maximum Gasteiger partial charge on any atom is 0.312 e. The first kappa shape index (κ1) is 17.8. The van der Waals surface area contributed by atoms with E-state index in [1.165, 1.54) is 11.1 Å². The van der Waals surface area contributed by atoms with Crippen molar-refractivity contribution < 1.29 is 19.1 Å². The zero-order valence-corrected chi connectivity index (χ0v) is 16.0. The quantitative estimate of drug-likeness (QED) is 0.417. The molecule has 142 valence electrons. The number of hydrogen-bond donors (Lipinski definition) is 0. The van der Waals surface area contributed by atoms with E-state index in [0.29, 0.717) is 11.8 Å². The monoisotopic (exact) mass is 358 g/mol. The molecule has 4 nitrogen and oxygen atoms in total. The molecule has 4 bridgehead atoms. The van der Waals surface area contributed by atoms with E-state index in [4.69, 9.17) is 9.47 Å². The van der Waals surface area contributed by atoms with Crippen molar-refractivity contribution in [2.24, 2.45) is 22.7 Å². The highest BCUT2D eigenvalue weighted by atomic mass is 16.6. The Morgan fingerprint density at radius 2 is 1.31 bits per heavy atom. The minimum absolute atomic E-state index is 0.0935. The van der Waals surface area contributed by atoms with Crippen LogP contribution in [0.15, 0.2) is 23.3 Å². The van der Waals surface area contributed by atoms with Gasteiger partial charge in [0.05, 0.1) is 10.8 Å². The molecule has 4 unspecified atom stereocenters. The summed E-state index contributed by atoms with van der Waals surface area (Å²) in [7, 11) is 0. The molecule has 0 aromatic rings. The summed E-state index contributed by atoms with van der Waals surface area (Å²) in [4.78, 5) is 25.2. The van der Waals surface area contributed by atoms with Gasteiger partial charge in [-0.1, -0.05) is 23.3 Å². The minimum Gasteiger partial charge on any atom is -0.462 e. The number of esters is 2. The lowest BCUT2D eigenvalue weighted by molar-refractivity contribution is -0.164. The fourth-order valence-electron chi connectivity index (χ4n) is 6.04. The van der Waals surface area contributed by atoms with Crippen LogP contribution in [-0.2, 0) is 19.1 Å². The largest absolute Gasteiger partial charge is 0.462 e. The predicted molar refractivity (Wildman–Crippen MR) is 98.2 cm³/mol. The molecule has 4 aliphatic carbocycles. The fourth-order valence-corrected chi connectivity index (χ4v) is 6.04. The third-order valence-electron chi connectivity index (χ3n) is 7.51. The highest BCUT2D eigenvalue weighted by molar-refractivity contribution is 5.80. The van der Waals surface area contributed by atoms with E-state index >= 15 is 0 Å². The summed E-state index contributed by atoms with van der Waals surface area (Å²) in [6, 6.07) is 0. The summed E-state index contributed by atoms with van der Waals surface area (Å²) >= 11 is 0. The molecule has 26 heavy (non-hydrogen) atoms. The summed E-state index contributed by atoms with van der Waals surface area (Å²) in [5.41, 5.74) is 2.21. The molecule has 0 spiro atoms. The molecule has 0 heterocycles. The lowest BCUT2D eigenvalue weighted by Gasteiger charge is -2.26. The third kappa shape index (κ3) is 2.73. The lowest BCUT2D eigenvalue weighted by Crippen LogP contribution is -2.32. The van der Waals surface area contributed by atoms with Gasteiger partial charge in [0.25, 0.3) is 0 Å². The number of ether oxygens (including phenoxy) is 2. The van der Waals surface area contributed by atoms with Gasteiger partial charge in [-0.15, -0.1) is 0 Å². The molecule has 4 rings (SSSR count). The molecule has 0 saturated heterocycles. The smallest absolute Gasteiger partial charge is 0.312 e. The summed E-state index contributed by atoms with van der Waals surface area (Å²) < 4.78 is 11.0. The van der Waals surface area contributed by atoms with E-state index in [-0.39, 0.29) is 36.0 Å². The van der Waals surface area contributed by atoms with E-state index in [1.807, 2.05) is 0 Å². The number of rotatable bonds is 5. The SMILES string of the molecule is CC=C1CC2(C(=O)OCCOC(=O)C34CCC(C3)C(=CC)C4)CCC1C2. The van der Waals surface area contributed by atoms with Gasteiger partial charge in [-0.25, -0.2) is 0 Å². The number of carbonyl (C=O) groups is 2. The first-order valence-corrected chi connectivity index (χ1v) is 10.2. The van der Waals surface area contributed by atoms with Crippen LogP contribution in [0.25, 0.3) is 0 Å². The Balaban J connectivity index is 1.25. The van der Waals surface area contributed by atoms with Gasteiger partial charge in [-0.3, -0.25) is 9.59 Å². The Labute approximate surface area is 156 Å². The molecule has 4 aliphatic rings. The maximum atomic E-state index is 12.6. The Morgan fingerprint density at radius 3 is 1.65 bits per heavy atom. The van der Waals surface area contributed by atoms with Crippen molar-refractivity contribution in [3.05, 3.63) is 23.3 Å². The normalized spacial score (nSPS) is 40.5. The molecule has 4 fully saturated rings. The second-order valence-electron chi connectivity index (χ2n) is 8.79. The van der Waals surface area contributed by atoms with Crippen molar-refractivity contribution >= 4 is 11.9 Å². The van der Waals surface area contributed by atoms with Gasteiger partial charge in [0, 0.05) is 0 Å². The Hall–Kier alpha value is -1.58. The topological polar surface area (TPSA) is 52.6 Å². The van der Waals surface area contributed by atoms with Gasteiger partial charge in [-0.2, -0.15) is 0 Å². The highest BCUT2D eigenvalue weighted by Gasteiger charge is 2.54. The lowest BCUT2D eigenvalue weighted by atomic mass is 9.82. The van der Waals surface area contributed by atoms with Crippen LogP contribution < -0.4 is 0 Å². The van der Waals surface area contributed by atoms with Gasteiger partial charge >= 0.3 is 11.9 Å². The van der Waals surface area contributed by atoms with Crippen molar-refractivity contribution in [1.29, 1.82) is 0 Å². The molecule has 4 saturated carbocycles. The molecule has 0 aromatic carbocycles. The Bertz CT molecular complexity index is 618. The van der Waals surface area contributed by atoms with Gasteiger partial charge in [-0.05, 0) is 77.0 Å². The number of hydrogen-bond acceptors (Lipinski definition) is 4. The molecule has 0 aliphatic heterocycles. The minimum atomic E-state index is -0.305. The summed E-state index contributed by atoms with van der Waals surface area (Å²) in [6.45, 7) is 4.48. The molecule has 0 radical (unpaired) electrons. The van der Waals surface area contributed by atoms with Crippen LogP contribution >= 0.6 is 0 Å². The van der Waals surface area contributed by atoms with Crippen LogP contribution in [0, 0.1) is 22.7 Å². The van der Waals surface area contributed by atoms with Gasteiger partial charge in [0.15, 0.2) is 0 Å². The van der Waals surface area contributed by atoms with Gasteiger partial charge in [0.1, 0.15) is 13.2 Å². The molecule has 0 N–H and O–H groups in total. The summed E-state index contributed by atoms with van der Waals surface area (Å²) in [5, 5.41) is 0. The zero-order valence-electron chi connectivity index (χ0n) is 16.0. The maximum absolute atomic E-state index is 12.6. The number of fused-ring (bicyclic) bond motifs is 4. The molecular formula is C22H30O4. The summed E-state index contributed by atoms with van der Waals surface area (Å²) in [6.07, 6.45) is 12.0. The summed E-state index contributed by atoms with van der Waals surface area (Å²) in [5.74, 6) is 0.957. The van der Waals surface area contributed by atoms with Crippen LogP contribution in [0.3, 0.4) is 0 Å². The van der Waals surface area contributed by atoms with E-state index in [0.717, 1.165) is 51.4 Å². The van der Waals surface area contributed by atoms with Crippen molar-refractivity contribution in [3.63, 3.8) is 0 Å². The first-order valence-electron chi connectivity index (χ1n) is 10.2. The second kappa shape index (κ2) is 6.54. The molecule has 0 amide bonds. The average molecular weight is 358 g/mol. The highest BCUT2D eigenvalue weighted by Crippen LogP contribution is 2.58. The zero-order chi connectivity index (χ0) is 18.4. The molecular weight excluding hydrogens is 328 g/mol. The van der Waals surface area contributed by atoms with E-state index in [2.05, 4.69) is 26.0 Å². The van der Waals surface area contributed by atoms with E-state index < -0.39 is 0 Å². The van der Waals surface area contributed by atoms with Crippen molar-refractivity contribution in [2.75, 3.05) is 13.2 Å². The van der Waals surface area contributed by atoms with Crippen LogP contribution in [0.4, 0.5) is 0 Å². The standard InChI is InChI=1S/C22H30O4/c1-3-15-11-21(7-5-17(15)13-21)19(23)25-9-10-26-20(24)22-8-6-18(14-22)16(4-2)12-22/h3-4,17-18H,5-14H2,1-2H3. The molecule has 4 atom stereocenters. The van der Waals surface area contributed by atoms with Crippen molar-refractivity contribution in [2.45, 2.75) is 65.2 Å². The number of carbonyl (C=O) groups excluding carboxylic acids is 2. The third-order valence-corrected chi connectivity index (χ3v) is 7.51. The van der Waals surface area contributed by atoms with Crippen LogP contribution in [0.1, 0.15) is 65.2 Å². The fraction of sp³-hybridized carbons (Fsp3) is 0.727. The van der Waals surface area contributed by atoms with Gasteiger partial charge in [0.2, 0.25) is 0 Å². The molecule has 4 heteroatoms. The van der Waals surface area contributed by atoms with E-state index in [1.54, 1.807) is 0 Å². The van der Waals surface area contributed by atoms with Crippen LogP contribution in [-0.4, -0.2) is 25.2 Å². The molecule has 0 aromatic heterocycles. The Morgan fingerprint density at radius 1 is 0.885 bits per heavy atom. The first-order chi connectivity index (χ1) is 12.5. The second-order valence-corrected chi connectivity index (χ2v) is 8.79. The van der Waals surface area contributed by atoms with E-state index in [9.17, 15) is 9.59 Å². The average Bonchev–Trinajstić information content (AvgIpc) is 3.43. The van der Waals surface area contributed by atoms with Crippen LogP contribution in [0.5, 0.6) is 0 Å².